The molecule has 84 valence electrons. The molecule has 0 fully saturated rings. The Labute approximate surface area is 87.1 Å². The monoisotopic (exact) mass is 218 g/mol. The average Bonchev–Trinajstić information content (AvgIpc) is 2.19. The maximum absolute atomic E-state index is 13.3. The van der Waals surface area contributed by atoms with Crippen LogP contribution in [-0.2, 0) is 0 Å². The lowest BCUT2D eigenvalue weighted by Crippen LogP contribution is -2.53. The molecule has 0 bridgehead atoms. The van der Waals surface area contributed by atoms with Gasteiger partial charge in [-0.25, -0.2) is 13.2 Å². The number of quaternary nitrogens is 1. The van der Waals surface area contributed by atoms with Crippen molar-refractivity contribution in [3.05, 3.63) is 35.1 Å². The highest BCUT2D eigenvalue weighted by atomic mass is 19.2. The first kappa shape index (κ1) is 12.0. The maximum atomic E-state index is 13.3. The molecule has 0 heterocycles. The van der Waals surface area contributed by atoms with Gasteiger partial charge >= 0.3 is 0 Å². The van der Waals surface area contributed by atoms with E-state index < -0.39 is 23.5 Å². The van der Waals surface area contributed by atoms with Gasteiger partial charge in [0, 0.05) is 12.5 Å². The average molecular weight is 218 g/mol. The summed E-state index contributed by atoms with van der Waals surface area (Å²) in [6.07, 6.45) is 2.45. The van der Waals surface area contributed by atoms with Gasteiger partial charge in [0.25, 0.3) is 0 Å². The van der Waals surface area contributed by atoms with Crippen molar-refractivity contribution in [2.45, 2.75) is 32.2 Å². The van der Waals surface area contributed by atoms with Crippen molar-refractivity contribution in [2.75, 3.05) is 0 Å². The van der Waals surface area contributed by atoms with E-state index in [9.17, 15) is 13.2 Å². The Kier molecular flexibility index (Phi) is 4.15. The summed E-state index contributed by atoms with van der Waals surface area (Å²) in [6.45, 7) is 2.00. The number of unbranched alkanes of at least 4 members (excludes halogenated alkanes) is 1. The predicted molar refractivity (Wildman–Crippen MR) is 51.5 cm³/mol. The highest BCUT2D eigenvalue weighted by molar-refractivity contribution is 5.22. The molecule has 0 aliphatic heterocycles. The number of hydrogen-bond donors (Lipinski definition) is 1. The van der Waals surface area contributed by atoms with Crippen LogP contribution >= 0.6 is 0 Å². The largest absolute Gasteiger partial charge is 0.351 e. The summed E-state index contributed by atoms with van der Waals surface area (Å²) >= 11 is 0. The van der Waals surface area contributed by atoms with Gasteiger partial charge in [-0.05, 0) is 12.5 Å². The lowest BCUT2D eigenvalue weighted by Gasteiger charge is -2.09. The highest BCUT2D eigenvalue weighted by Gasteiger charge is 2.18. The Hall–Kier alpha value is -1.03. The molecule has 0 saturated heterocycles. The van der Waals surface area contributed by atoms with Gasteiger partial charge in [0.2, 0.25) is 0 Å². The van der Waals surface area contributed by atoms with Gasteiger partial charge in [-0.2, -0.15) is 0 Å². The standard InChI is InChI=1S/C11H14F3N/c1-2-3-4-10(15)8-5-7(12)6-9(13)11(8)14/h5-6,10H,2-4,15H2,1H3/p+1. The molecular weight excluding hydrogens is 203 g/mol. The van der Waals surface area contributed by atoms with Crippen LogP contribution in [0.5, 0.6) is 0 Å². The molecule has 0 saturated carbocycles. The van der Waals surface area contributed by atoms with Gasteiger partial charge in [0.15, 0.2) is 11.6 Å². The molecule has 0 spiro atoms. The fourth-order valence-electron chi connectivity index (χ4n) is 1.48. The van der Waals surface area contributed by atoms with E-state index in [4.69, 9.17) is 0 Å². The zero-order valence-electron chi connectivity index (χ0n) is 8.69. The van der Waals surface area contributed by atoms with E-state index in [1.54, 1.807) is 0 Å². The van der Waals surface area contributed by atoms with Crippen LogP contribution in [0.4, 0.5) is 13.2 Å². The minimum absolute atomic E-state index is 0.0287. The van der Waals surface area contributed by atoms with Crippen LogP contribution in [0.15, 0.2) is 12.1 Å². The third-order valence-electron chi connectivity index (χ3n) is 2.37. The summed E-state index contributed by atoms with van der Waals surface area (Å²) in [5.74, 6) is -2.88. The first-order valence-corrected chi connectivity index (χ1v) is 5.03. The number of rotatable bonds is 4. The Balaban J connectivity index is 2.92. The molecule has 0 aliphatic carbocycles. The second-order valence-electron chi connectivity index (χ2n) is 3.63. The molecule has 1 rings (SSSR count). The van der Waals surface area contributed by atoms with Crippen LogP contribution in [0, 0.1) is 17.5 Å². The molecule has 0 aliphatic rings. The van der Waals surface area contributed by atoms with Gasteiger partial charge in [-0.3, -0.25) is 0 Å². The summed E-state index contributed by atoms with van der Waals surface area (Å²) in [4.78, 5) is 0. The molecule has 4 heteroatoms. The Morgan fingerprint density at radius 1 is 1.27 bits per heavy atom. The Morgan fingerprint density at radius 3 is 2.53 bits per heavy atom. The maximum Gasteiger partial charge on any atom is 0.168 e. The molecule has 0 radical (unpaired) electrons. The van der Waals surface area contributed by atoms with Gasteiger partial charge in [-0.15, -0.1) is 0 Å². The Bertz CT molecular complexity index is 339. The SMILES string of the molecule is CCCCC([NH3+])c1cc(F)cc(F)c1F. The van der Waals surface area contributed by atoms with Crippen LogP contribution in [0.3, 0.4) is 0 Å². The third kappa shape index (κ3) is 2.96. The third-order valence-corrected chi connectivity index (χ3v) is 2.37. The van der Waals surface area contributed by atoms with Crippen molar-refractivity contribution >= 4 is 0 Å². The van der Waals surface area contributed by atoms with Crippen LogP contribution in [0.1, 0.15) is 37.8 Å². The quantitative estimate of drug-likeness (QED) is 0.752. The molecule has 3 N–H and O–H groups in total. The lowest BCUT2D eigenvalue weighted by molar-refractivity contribution is -0.428. The van der Waals surface area contributed by atoms with Crippen molar-refractivity contribution in [1.82, 2.24) is 0 Å². The van der Waals surface area contributed by atoms with E-state index in [0.29, 0.717) is 12.5 Å². The van der Waals surface area contributed by atoms with Crippen molar-refractivity contribution in [2.24, 2.45) is 0 Å². The number of hydrogen-bond acceptors (Lipinski definition) is 0. The molecule has 1 aromatic rings. The minimum Gasteiger partial charge on any atom is -0.351 e. The molecule has 1 atom stereocenters. The van der Waals surface area contributed by atoms with Crippen molar-refractivity contribution in [1.29, 1.82) is 0 Å². The minimum atomic E-state index is -1.14. The second-order valence-corrected chi connectivity index (χ2v) is 3.63. The van der Waals surface area contributed by atoms with Gasteiger partial charge in [0.05, 0.1) is 5.56 Å². The fourth-order valence-corrected chi connectivity index (χ4v) is 1.48. The zero-order chi connectivity index (χ0) is 11.4. The first-order chi connectivity index (χ1) is 7.06. The lowest BCUT2D eigenvalue weighted by atomic mass is 10.0. The van der Waals surface area contributed by atoms with E-state index in [2.05, 4.69) is 5.73 Å². The molecule has 0 aromatic heterocycles. The molecule has 15 heavy (non-hydrogen) atoms. The molecule has 1 unspecified atom stereocenters. The van der Waals surface area contributed by atoms with Gasteiger partial charge < -0.3 is 5.73 Å². The normalized spacial score (nSPS) is 12.9. The highest BCUT2D eigenvalue weighted by Crippen LogP contribution is 2.21. The topological polar surface area (TPSA) is 27.6 Å². The van der Waals surface area contributed by atoms with E-state index in [1.165, 1.54) is 0 Å². The summed E-state index contributed by atoms with van der Waals surface area (Å²) in [5, 5.41) is 0. The Morgan fingerprint density at radius 2 is 1.93 bits per heavy atom. The molecular formula is C11H15F3N+. The summed E-state index contributed by atoms with van der Waals surface area (Å²) < 4.78 is 39.0. The summed E-state index contributed by atoms with van der Waals surface area (Å²) in [7, 11) is 0. The number of benzene rings is 1. The zero-order valence-corrected chi connectivity index (χ0v) is 8.69. The van der Waals surface area contributed by atoms with E-state index in [1.807, 2.05) is 6.92 Å². The van der Waals surface area contributed by atoms with Crippen molar-refractivity contribution in [3.8, 4) is 0 Å². The van der Waals surface area contributed by atoms with E-state index in [-0.39, 0.29) is 5.56 Å². The molecule has 1 nitrogen and oxygen atoms in total. The first-order valence-electron chi connectivity index (χ1n) is 5.03. The van der Waals surface area contributed by atoms with E-state index >= 15 is 0 Å². The fraction of sp³-hybridized carbons (Fsp3) is 0.455. The number of halogens is 3. The van der Waals surface area contributed by atoms with Crippen molar-refractivity contribution < 1.29 is 18.9 Å². The smallest absolute Gasteiger partial charge is 0.168 e. The van der Waals surface area contributed by atoms with Crippen molar-refractivity contribution in [3.63, 3.8) is 0 Å². The van der Waals surface area contributed by atoms with Gasteiger partial charge in [-0.1, -0.05) is 13.3 Å². The van der Waals surface area contributed by atoms with Crippen LogP contribution < -0.4 is 5.73 Å². The summed E-state index contributed by atoms with van der Waals surface area (Å²) in [5.41, 5.74) is 3.74. The molecule has 0 amide bonds. The van der Waals surface area contributed by atoms with Crippen LogP contribution in [-0.4, -0.2) is 0 Å². The van der Waals surface area contributed by atoms with Gasteiger partial charge in [0.1, 0.15) is 11.9 Å². The second kappa shape index (κ2) is 5.16. The van der Waals surface area contributed by atoms with E-state index in [0.717, 1.165) is 18.9 Å². The van der Waals surface area contributed by atoms with Crippen LogP contribution in [0.25, 0.3) is 0 Å². The van der Waals surface area contributed by atoms with Crippen LogP contribution in [0.2, 0.25) is 0 Å². The predicted octanol–water partition coefficient (Wildman–Crippen LogP) is 2.58. The summed E-state index contributed by atoms with van der Waals surface area (Å²) in [6, 6.07) is 1.17. The molecule has 1 aromatic carbocycles.